The SMILES string of the molecule is C[C@@H]1C[C@@]2(O)OC[C@@]3(O)CCC[C@@H]4[C@@]15C[C@@H](c1ccoc1)O[C@@H]5OC[C@@]432. The zero-order valence-corrected chi connectivity index (χ0v) is 15.0. The summed E-state index contributed by atoms with van der Waals surface area (Å²) in [7, 11) is 0. The lowest BCUT2D eigenvalue weighted by Gasteiger charge is -2.68. The van der Waals surface area contributed by atoms with Crippen LogP contribution in [0.4, 0.5) is 0 Å². The summed E-state index contributed by atoms with van der Waals surface area (Å²) in [5.41, 5.74) is -0.950. The summed E-state index contributed by atoms with van der Waals surface area (Å²) in [6.45, 7) is 2.67. The smallest absolute Gasteiger partial charge is 0.176 e. The molecule has 6 rings (SSSR count). The highest BCUT2D eigenvalue weighted by molar-refractivity contribution is 5.27. The molecule has 4 heterocycles. The van der Waals surface area contributed by atoms with E-state index >= 15 is 0 Å². The van der Waals surface area contributed by atoms with Gasteiger partial charge in [-0.2, -0.15) is 0 Å². The minimum absolute atomic E-state index is 0.0696. The van der Waals surface area contributed by atoms with E-state index < -0.39 is 16.8 Å². The second kappa shape index (κ2) is 4.73. The third-order valence-electron chi connectivity index (χ3n) is 8.55. The molecule has 2 spiro atoms. The van der Waals surface area contributed by atoms with Crippen molar-refractivity contribution in [1.82, 2.24) is 0 Å². The summed E-state index contributed by atoms with van der Waals surface area (Å²) in [4.78, 5) is 0. The molecule has 2 bridgehead atoms. The summed E-state index contributed by atoms with van der Waals surface area (Å²) in [5.74, 6) is -1.01. The number of rotatable bonds is 1. The van der Waals surface area contributed by atoms with Crippen molar-refractivity contribution in [3.05, 3.63) is 24.2 Å². The maximum Gasteiger partial charge on any atom is 0.176 e. The molecular formula is C20H26O6. The fourth-order valence-electron chi connectivity index (χ4n) is 7.40. The molecular weight excluding hydrogens is 336 g/mol. The molecule has 8 atom stereocenters. The van der Waals surface area contributed by atoms with Crippen molar-refractivity contribution in [3.8, 4) is 0 Å². The molecule has 6 heteroatoms. The lowest BCUT2D eigenvalue weighted by Crippen LogP contribution is -2.76. The molecule has 0 unspecified atom stereocenters. The van der Waals surface area contributed by atoms with Crippen molar-refractivity contribution in [1.29, 1.82) is 0 Å². The molecule has 5 fully saturated rings. The monoisotopic (exact) mass is 362 g/mol. The van der Waals surface area contributed by atoms with E-state index in [0.717, 1.165) is 24.8 Å². The maximum atomic E-state index is 11.5. The first-order valence-electron chi connectivity index (χ1n) is 9.83. The lowest BCUT2D eigenvalue weighted by molar-refractivity contribution is -0.390. The Kier molecular flexibility index (Phi) is 2.92. The highest BCUT2D eigenvalue weighted by Crippen LogP contribution is 2.75. The molecule has 6 nitrogen and oxygen atoms in total. The Balaban J connectivity index is 1.51. The van der Waals surface area contributed by atoms with Gasteiger partial charge in [-0.3, -0.25) is 0 Å². The van der Waals surface area contributed by atoms with Crippen molar-refractivity contribution in [2.45, 2.75) is 62.8 Å². The minimum Gasteiger partial charge on any atom is -0.472 e. The first-order valence-corrected chi connectivity index (χ1v) is 9.83. The lowest BCUT2D eigenvalue weighted by atomic mass is 9.40. The fraction of sp³-hybridized carbons (Fsp3) is 0.800. The van der Waals surface area contributed by atoms with Gasteiger partial charge in [-0.15, -0.1) is 0 Å². The van der Waals surface area contributed by atoms with E-state index in [1.165, 1.54) is 0 Å². The Morgan fingerprint density at radius 1 is 1.19 bits per heavy atom. The largest absolute Gasteiger partial charge is 0.472 e. The van der Waals surface area contributed by atoms with Crippen molar-refractivity contribution < 1.29 is 28.8 Å². The highest BCUT2D eigenvalue weighted by atomic mass is 16.7. The predicted octanol–water partition coefficient (Wildman–Crippen LogP) is 2.36. The van der Waals surface area contributed by atoms with Gasteiger partial charge in [0.1, 0.15) is 5.60 Å². The first-order chi connectivity index (χ1) is 12.5. The summed E-state index contributed by atoms with van der Waals surface area (Å²) < 4.78 is 23.8. The number of aliphatic hydroxyl groups is 2. The van der Waals surface area contributed by atoms with Gasteiger partial charge in [0.25, 0.3) is 0 Å². The number of ether oxygens (including phenoxy) is 3. The Labute approximate surface area is 152 Å². The van der Waals surface area contributed by atoms with Gasteiger partial charge in [-0.1, -0.05) is 13.3 Å². The van der Waals surface area contributed by atoms with Crippen LogP contribution in [0, 0.1) is 22.7 Å². The quantitative estimate of drug-likeness (QED) is 0.798. The summed E-state index contributed by atoms with van der Waals surface area (Å²) in [6.07, 6.45) is 6.97. The van der Waals surface area contributed by atoms with Gasteiger partial charge in [-0.25, -0.2) is 0 Å². The van der Waals surface area contributed by atoms with E-state index in [1.807, 2.05) is 6.07 Å². The fourth-order valence-corrected chi connectivity index (χ4v) is 7.40. The van der Waals surface area contributed by atoms with Crippen LogP contribution in [0.25, 0.3) is 0 Å². The standard InChI is InChI=1S/C20H26O6/c1-12-7-20(22)19-11-24-16-18(12,8-14(26-16)13-4-6-23-9-13)15(19)3-2-5-17(19,21)10-25-20/h4,6,9,12,14-16,21-22H,2-3,5,7-8,10-11H2,1H3/t12-,14+,15-,16+,17+,18-,19-,20-/m1/s1. The van der Waals surface area contributed by atoms with Crippen molar-refractivity contribution >= 4 is 0 Å². The molecule has 5 aliphatic rings. The number of hydrogen-bond acceptors (Lipinski definition) is 6. The molecule has 1 aromatic heterocycles. The molecule has 0 radical (unpaired) electrons. The van der Waals surface area contributed by atoms with E-state index in [1.54, 1.807) is 12.5 Å². The van der Waals surface area contributed by atoms with Gasteiger partial charge in [0, 0.05) is 17.4 Å². The van der Waals surface area contributed by atoms with Crippen LogP contribution < -0.4 is 0 Å². The molecule has 26 heavy (non-hydrogen) atoms. The van der Waals surface area contributed by atoms with Crippen LogP contribution in [0.3, 0.4) is 0 Å². The van der Waals surface area contributed by atoms with Gasteiger partial charge < -0.3 is 28.8 Å². The average Bonchev–Trinajstić information content (AvgIpc) is 3.30. The summed E-state index contributed by atoms with van der Waals surface area (Å²) in [5, 5.41) is 23.0. The highest BCUT2D eigenvalue weighted by Gasteiger charge is 2.82. The zero-order chi connectivity index (χ0) is 17.8. The molecule has 0 amide bonds. The van der Waals surface area contributed by atoms with Crippen LogP contribution >= 0.6 is 0 Å². The molecule has 2 aliphatic carbocycles. The Bertz CT molecular complexity index is 735. The molecule has 3 aliphatic heterocycles. The Morgan fingerprint density at radius 2 is 2.08 bits per heavy atom. The van der Waals surface area contributed by atoms with Crippen molar-refractivity contribution in [3.63, 3.8) is 0 Å². The molecule has 3 saturated heterocycles. The third-order valence-corrected chi connectivity index (χ3v) is 8.55. The van der Waals surface area contributed by atoms with E-state index in [0.29, 0.717) is 19.4 Å². The van der Waals surface area contributed by atoms with Gasteiger partial charge >= 0.3 is 0 Å². The second-order valence-corrected chi connectivity index (χ2v) is 9.27. The number of hydrogen-bond donors (Lipinski definition) is 2. The van der Waals surface area contributed by atoms with E-state index in [-0.39, 0.29) is 36.3 Å². The van der Waals surface area contributed by atoms with E-state index in [2.05, 4.69) is 6.92 Å². The predicted molar refractivity (Wildman–Crippen MR) is 88.7 cm³/mol. The van der Waals surface area contributed by atoms with E-state index in [9.17, 15) is 10.2 Å². The average molecular weight is 362 g/mol. The first kappa shape index (κ1) is 16.1. The topological polar surface area (TPSA) is 81.3 Å². The van der Waals surface area contributed by atoms with Crippen molar-refractivity contribution in [2.24, 2.45) is 22.7 Å². The van der Waals surface area contributed by atoms with E-state index in [4.69, 9.17) is 18.6 Å². The maximum absolute atomic E-state index is 11.5. The normalized spacial score (nSPS) is 57.7. The van der Waals surface area contributed by atoms with Crippen LogP contribution in [-0.2, 0) is 14.2 Å². The van der Waals surface area contributed by atoms with Crippen LogP contribution in [0.5, 0.6) is 0 Å². The van der Waals surface area contributed by atoms with Gasteiger partial charge in [0.15, 0.2) is 12.1 Å². The Morgan fingerprint density at radius 3 is 2.88 bits per heavy atom. The molecule has 2 N–H and O–H groups in total. The summed E-state index contributed by atoms with van der Waals surface area (Å²) >= 11 is 0. The van der Waals surface area contributed by atoms with Gasteiger partial charge in [-0.05, 0) is 37.2 Å². The minimum atomic E-state index is -1.31. The summed E-state index contributed by atoms with van der Waals surface area (Å²) in [6, 6.07) is 1.95. The van der Waals surface area contributed by atoms with Crippen LogP contribution in [0.2, 0.25) is 0 Å². The van der Waals surface area contributed by atoms with Crippen LogP contribution in [-0.4, -0.2) is 41.1 Å². The van der Waals surface area contributed by atoms with Gasteiger partial charge in [0.2, 0.25) is 0 Å². The van der Waals surface area contributed by atoms with Crippen LogP contribution in [0.15, 0.2) is 23.0 Å². The second-order valence-electron chi connectivity index (χ2n) is 9.27. The van der Waals surface area contributed by atoms with Gasteiger partial charge in [0.05, 0.1) is 37.3 Å². The molecule has 142 valence electrons. The molecule has 1 aromatic rings. The molecule has 0 aromatic carbocycles. The molecule has 2 saturated carbocycles. The van der Waals surface area contributed by atoms with Crippen LogP contribution in [0.1, 0.15) is 50.7 Å². The third kappa shape index (κ3) is 1.52. The number of furan rings is 1. The Hall–Kier alpha value is -0.920. The zero-order valence-electron chi connectivity index (χ0n) is 15.0. The van der Waals surface area contributed by atoms with Crippen molar-refractivity contribution in [2.75, 3.05) is 13.2 Å².